The molecule has 0 radical (unpaired) electrons. The van der Waals surface area contributed by atoms with E-state index >= 15 is 0 Å². The Hall–Kier alpha value is -2.59. The Morgan fingerprint density at radius 1 is 1.24 bits per heavy atom. The Morgan fingerprint density at radius 3 is 2.59 bits per heavy atom. The van der Waals surface area contributed by atoms with Gasteiger partial charge in [-0.2, -0.15) is 0 Å². The zero-order valence-electron chi connectivity index (χ0n) is 21.7. The summed E-state index contributed by atoms with van der Waals surface area (Å²) in [5, 5.41) is 14.8. The van der Waals surface area contributed by atoms with E-state index in [4.69, 9.17) is 15.3 Å². The SMILES string of the molecule is CN/C=C(\N=N)Nc1ccc(-c2cnc(C34CCC(NC(=O)OC(C)C)(CC3)CC4)s2)c(SC2CC2)c1. The molecule has 0 spiro atoms. The number of ether oxygens (including phenoxy) is 1. The van der Waals surface area contributed by atoms with Gasteiger partial charge in [0, 0.05) is 51.8 Å². The highest BCUT2D eigenvalue weighted by Crippen LogP contribution is 2.55. The number of fused-ring (bicyclic) bond motifs is 3. The van der Waals surface area contributed by atoms with Gasteiger partial charge in [-0.1, -0.05) is 6.07 Å². The largest absolute Gasteiger partial charge is 0.447 e. The minimum atomic E-state index is -0.287. The molecule has 1 aromatic carbocycles. The van der Waals surface area contributed by atoms with Gasteiger partial charge in [0.15, 0.2) is 5.82 Å². The summed E-state index contributed by atoms with van der Waals surface area (Å²) < 4.78 is 5.36. The maximum atomic E-state index is 12.3. The summed E-state index contributed by atoms with van der Waals surface area (Å²) in [5.74, 6) is 0.467. The molecular weight excluding hydrogens is 504 g/mol. The van der Waals surface area contributed by atoms with Crippen LogP contribution in [-0.2, 0) is 10.2 Å². The van der Waals surface area contributed by atoms with Crippen molar-refractivity contribution in [1.29, 1.82) is 5.53 Å². The quantitative estimate of drug-likeness (QED) is 0.241. The predicted molar refractivity (Wildman–Crippen MR) is 149 cm³/mol. The van der Waals surface area contributed by atoms with E-state index in [9.17, 15) is 4.79 Å². The van der Waals surface area contributed by atoms with Crippen molar-refractivity contribution < 1.29 is 9.53 Å². The molecule has 198 valence electrons. The second-order valence-electron chi connectivity index (χ2n) is 10.8. The minimum absolute atomic E-state index is 0.108. The van der Waals surface area contributed by atoms with Crippen molar-refractivity contribution in [3.05, 3.63) is 41.4 Å². The highest BCUT2D eigenvalue weighted by atomic mass is 32.2. The molecule has 0 aliphatic heterocycles. The lowest BCUT2D eigenvalue weighted by atomic mass is 9.57. The van der Waals surface area contributed by atoms with Crippen molar-refractivity contribution in [2.75, 3.05) is 12.4 Å². The fourth-order valence-corrected chi connectivity index (χ4v) is 7.97. The van der Waals surface area contributed by atoms with Crippen LogP contribution in [0.25, 0.3) is 10.4 Å². The molecule has 1 aromatic heterocycles. The molecule has 0 saturated heterocycles. The fourth-order valence-electron chi connectivity index (χ4n) is 5.45. The van der Waals surface area contributed by atoms with Crippen molar-refractivity contribution in [3.8, 4) is 10.4 Å². The van der Waals surface area contributed by atoms with Crippen LogP contribution in [0.1, 0.15) is 70.2 Å². The number of alkyl carbamates (subject to hydrolysis) is 1. The topological polar surface area (TPSA) is 111 Å². The second kappa shape index (κ2) is 10.6. The Kier molecular flexibility index (Phi) is 7.49. The molecule has 4 fully saturated rings. The van der Waals surface area contributed by atoms with Crippen LogP contribution in [0.15, 0.2) is 46.4 Å². The summed E-state index contributed by atoms with van der Waals surface area (Å²) >= 11 is 3.76. The van der Waals surface area contributed by atoms with Crippen LogP contribution in [-0.4, -0.2) is 35.0 Å². The summed E-state index contributed by atoms with van der Waals surface area (Å²) in [6.45, 7) is 3.77. The molecule has 8 nitrogen and oxygen atoms in total. The number of nitrogens with one attached hydrogen (secondary N) is 4. The number of amides is 1. The molecule has 0 atom stereocenters. The molecule has 4 aliphatic rings. The van der Waals surface area contributed by atoms with Gasteiger partial charge in [0.1, 0.15) is 0 Å². The van der Waals surface area contributed by atoms with E-state index in [1.807, 2.05) is 43.1 Å². The second-order valence-corrected chi connectivity index (χ2v) is 13.1. The normalized spacial score (nSPS) is 25.1. The lowest BCUT2D eigenvalue weighted by Gasteiger charge is -2.52. The van der Waals surface area contributed by atoms with Crippen LogP contribution < -0.4 is 16.0 Å². The van der Waals surface area contributed by atoms with E-state index in [0.29, 0.717) is 11.1 Å². The van der Waals surface area contributed by atoms with Gasteiger partial charge in [-0.3, -0.25) is 0 Å². The summed E-state index contributed by atoms with van der Waals surface area (Å²) in [5.41, 5.74) is 9.53. The number of nitrogens with zero attached hydrogens (tertiary/aromatic N) is 2. The molecule has 4 N–H and O–H groups in total. The van der Waals surface area contributed by atoms with Gasteiger partial charge in [0.05, 0.1) is 16.0 Å². The van der Waals surface area contributed by atoms with Gasteiger partial charge < -0.3 is 20.7 Å². The molecule has 4 saturated carbocycles. The number of benzene rings is 1. The average Bonchev–Trinajstić information content (AvgIpc) is 3.55. The average molecular weight is 541 g/mol. The monoisotopic (exact) mass is 540 g/mol. The Balaban J connectivity index is 1.33. The maximum absolute atomic E-state index is 12.3. The van der Waals surface area contributed by atoms with E-state index in [0.717, 1.165) is 44.2 Å². The van der Waals surface area contributed by atoms with Gasteiger partial charge in [-0.05, 0) is 77.3 Å². The number of thioether (sulfide) groups is 1. The first-order chi connectivity index (χ1) is 17.8. The van der Waals surface area contributed by atoms with Crippen LogP contribution >= 0.6 is 23.1 Å². The predicted octanol–water partition coefficient (Wildman–Crippen LogP) is 7.00. The number of thiazole rings is 1. The highest BCUT2D eigenvalue weighted by Gasteiger charge is 2.51. The van der Waals surface area contributed by atoms with Crippen molar-refractivity contribution in [2.24, 2.45) is 5.11 Å². The molecule has 2 aromatic rings. The number of aromatic nitrogens is 1. The number of hydrogen-bond donors (Lipinski definition) is 4. The zero-order valence-corrected chi connectivity index (χ0v) is 23.4. The molecule has 1 heterocycles. The Bertz CT molecular complexity index is 1160. The number of carbonyl (C=O) groups is 1. The van der Waals surface area contributed by atoms with Gasteiger partial charge in [-0.25, -0.2) is 15.3 Å². The molecule has 1 amide bonds. The first-order valence-electron chi connectivity index (χ1n) is 13.1. The summed E-state index contributed by atoms with van der Waals surface area (Å²) in [7, 11) is 1.79. The van der Waals surface area contributed by atoms with E-state index in [1.165, 1.54) is 33.2 Å². The van der Waals surface area contributed by atoms with Crippen LogP contribution in [0.2, 0.25) is 0 Å². The van der Waals surface area contributed by atoms with Crippen LogP contribution in [0, 0.1) is 5.53 Å². The minimum Gasteiger partial charge on any atom is -0.447 e. The molecule has 37 heavy (non-hydrogen) atoms. The van der Waals surface area contributed by atoms with Crippen molar-refractivity contribution in [2.45, 2.75) is 92.4 Å². The van der Waals surface area contributed by atoms with Crippen molar-refractivity contribution in [3.63, 3.8) is 0 Å². The molecule has 2 bridgehead atoms. The highest BCUT2D eigenvalue weighted by molar-refractivity contribution is 8.00. The Morgan fingerprint density at radius 2 is 1.97 bits per heavy atom. The molecule has 4 aliphatic carbocycles. The molecule has 10 heteroatoms. The number of carbonyl (C=O) groups excluding carboxylic acids is 1. The fraction of sp³-hybridized carbons (Fsp3) is 0.556. The summed E-state index contributed by atoms with van der Waals surface area (Å²) in [4.78, 5) is 19.7. The maximum Gasteiger partial charge on any atom is 0.407 e. The third kappa shape index (κ3) is 5.80. The van der Waals surface area contributed by atoms with Crippen LogP contribution in [0.3, 0.4) is 0 Å². The van der Waals surface area contributed by atoms with Gasteiger partial charge in [0.2, 0.25) is 0 Å². The summed E-state index contributed by atoms with van der Waals surface area (Å²) in [6, 6.07) is 6.39. The molecular formula is C27H36N6O2S2. The smallest absolute Gasteiger partial charge is 0.407 e. The molecule has 0 unspecified atom stereocenters. The van der Waals surface area contributed by atoms with E-state index in [2.05, 4.69) is 39.3 Å². The lowest BCUT2D eigenvalue weighted by Crippen LogP contribution is -2.58. The van der Waals surface area contributed by atoms with E-state index < -0.39 is 0 Å². The van der Waals surface area contributed by atoms with E-state index in [-0.39, 0.29) is 23.2 Å². The summed E-state index contributed by atoms with van der Waals surface area (Å²) in [6.07, 6.45) is 11.9. The van der Waals surface area contributed by atoms with Crippen molar-refractivity contribution >= 4 is 34.9 Å². The van der Waals surface area contributed by atoms with Gasteiger partial charge in [0.25, 0.3) is 0 Å². The third-order valence-corrected chi connectivity index (χ3v) is 10.3. The van der Waals surface area contributed by atoms with E-state index in [1.54, 1.807) is 13.2 Å². The first-order valence-corrected chi connectivity index (χ1v) is 14.8. The van der Waals surface area contributed by atoms with Gasteiger partial charge >= 0.3 is 6.09 Å². The number of rotatable bonds is 10. The van der Waals surface area contributed by atoms with Crippen LogP contribution in [0.4, 0.5) is 10.5 Å². The standard InChI is InChI=1S/C27H36N6O2S2/c1-17(2)35-25(34)32-27-11-8-26(9-12-27,10-13-27)24-30-15-22(37-24)20-7-4-18(31-23(33-28)16-29-3)14-21(20)36-19-5-6-19/h4,7,14-17,19,28-29,31H,5-6,8-13H2,1-3H3,(H,32,34)/b23-16-,33-28?. The van der Waals surface area contributed by atoms with Gasteiger partial charge in [-0.15, -0.1) is 28.2 Å². The van der Waals surface area contributed by atoms with Crippen molar-refractivity contribution in [1.82, 2.24) is 15.6 Å². The Labute approximate surface area is 226 Å². The lowest BCUT2D eigenvalue weighted by molar-refractivity contribution is 0.0560. The first kappa shape index (κ1) is 26.0. The van der Waals surface area contributed by atoms with Crippen LogP contribution in [0.5, 0.6) is 0 Å². The molecule has 6 rings (SSSR count). The zero-order chi connectivity index (χ0) is 26.0. The number of anilines is 1. The number of hydrogen-bond acceptors (Lipinski definition) is 9. The third-order valence-electron chi connectivity index (χ3n) is 7.65.